The maximum absolute atomic E-state index is 11.5. The van der Waals surface area contributed by atoms with Crippen LogP contribution in [0.1, 0.15) is 15.9 Å². The van der Waals surface area contributed by atoms with E-state index in [0.29, 0.717) is 6.54 Å². The number of carbonyl (C=O) groups excluding carboxylic acids is 1. The Kier molecular flexibility index (Phi) is 6.75. The van der Waals surface area contributed by atoms with E-state index in [-0.39, 0.29) is 30.4 Å². The van der Waals surface area contributed by atoms with Crippen molar-refractivity contribution in [1.29, 1.82) is 0 Å². The third kappa shape index (κ3) is 4.81. The minimum atomic E-state index is -0.942. The van der Waals surface area contributed by atoms with Crippen molar-refractivity contribution in [3.63, 3.8) is 0 Å². The van der Waals surface area contributed by atoms with Crippen molar-refractivity contribution in [2.75, 3.05) is 13.6 Å². The number of hydrogen-bond donors (Lipinski definition) is 2. The number of nitrogens with two attached hydrogens (primary N) is 1. The molecule has 3 N–H and O–H groups in total. The SMILES string of the molecule is CN(Cc1cccc(-c2ccc(C(=O)O)cc2)c1)C(=O)CN.Cl. The van der Waals surface area contributed by atoms with Gasteiger partial charge < -0.3 is 15.7 Å². The van der Waals surface area contributed by atoms with Crippen LogP contribution in [0.25, 0.3) is 11.1 Å². The molecule has 0 aliphatic carbocycles. The fourth-order valence-electron chi connectivity index (χ4n) is 2.17. The first kappa shape index (κ1) is 18.7. The Morgan fingerprint density at radius 3 is 2.30 bits per heavy atom. The van der Waals surface area contributed by atoms with Crippen LogP contribution in [-0.4, -0.2) is 35.5 Å². The molecule has 5 nitrogen and oxygen atoms in total. The first-order chi connectivity index (χ1) is 10.5. The number of hydrogen-bond acceptors (Lipinski definition) is 3. The van der Waals surface area contributed by atoms with Crippen molar-refractivity contribution >= 4 is 24.3 Å². The topological polar surface area (TPSA) is 83.6 Å². The van der Waals surface area contributed by atoms with Crippen molar-refractivity contribution in [1.82, 2.24) is 4.90 Å². The summed E-state index contributed by atoms with van der Waals surface area (Å²) in [6, 6.07) is 14.5. The normalized spacial score (nSPS) is 9.83. The summed E-state index contributed by atoms with van der Waals surface area (Å²) in [5, 5.41) is 8.92. The fraction of sp³-hybridized carbons (Fsp3) is 0.176. The summed E-state index contributed by atoms with van der Waals surface area (Å²) in [6.07, 6.45) is 0. The Balaban J connectivity index is 0.00000264. The van der Waals surface area contributed by atoms with Crippen LogP contribution >= 0.6 is 12.4 Å². The van der Waals surface area contributed by atoms with Gasteiger partial charge in [-0.15, -0.1) is 12.4 Å². The van der Waals surface area contributed by atoms with Gasteiger partial charge in [-0.3, -0.25) is 4.79 Å². The molecule has 1 amide bonds. The molecule has 0 atom stereocenters. The maximum atomic E-state index is 11.5. The molecule has 0 unspecified atom stereocenters. The number of halogens is 1. The predicted molar refractivity (Wildman–Crippen MR) is 91.6 cm³/mol. The summed E-state index contributed by atoms with van der Waals surface area (Å²) >= 11 is 0. The minimum absolute atomic E-state index is 0. The highest BCUT2D eigenvalue weighted by Gasteiger charge is 2.08. The molecular formula is C17H19ClN2O3. The van der Waals surface area contributed by atoms with Gasteiger partial charge in [0.1, 0.15) is 0 Å². The van der Waals surface area contributed by atoms with Gasteiger partial charge in [-0.05, 0) is 34.9 Å². The molecule has 0 heterocycles. The highest BCUT2D eigenvalue weighted by Crippen LogP contribution is 2.21. The highest BCUT2D eigenvalue weighted by atomic mass is 35.5. The van der Waals surface area contributed by atoms with E-state index in [4.69, 9.17) is 10.8 Å². The van der Waals surface area contributed by atoms with Crippen LogP contribution in [0.4, 0.5) is 0 Å². The standard InChI is InChI=1S/C17H18N2O3.ClH/c1-19(16(20)10-18)11-12-3-2-4-15(9-12)13-5-7-14(8-6-13)17(21)22;/h2-9H,10-11,18H2,1H3,(H,21,22);1H. The van der Waals surface area contributed by atoms with Gasteiger partial charge in [-0.2, -0.15) is 0 Å². The van der Waals surface area contributed by atoms with E-state index in [0.717, 1.165) is 16.7 Å². The van der Waals surface area contributed by atoms with Crippen LogP contribution in [0, 0.1) is 0 Å². The zero-order chi connectivity index (χ0) is 16.1. The van der Waals surface area contributed by atoms with Crippen molar-refractivity contribution in [3.05, 3.63) is 59.7 Å². The Labute approximate surface area is 141 Å². The quantitative estimate of drug-likeness (QED) is 0.879. The van der Waals surface area contributed by atoms with Crippen LogP contribution in [-0.2, 0) is 11.3 Å². The average molecular weight is 335 g/mol. The second-order valence-electron chi connectivity index (χ2n) is 5.04. The van der Waals surface area contributed by atoms with Gasteiger partial charge in [-0.1, -0.05) is 30.3 Å². The van der Waals surface area contributed by atoms with E-state index in [9.17, 15) is 9.59 Å². The van der Waals surface area contributed by atoms with Gasteiger partial charge in [-0.25, -0.2) is 4.79 Å². The molecule has 0 fully saturated rings. The number of benzene rings is 2. The lowest BCUT2D eigenvalue weighted by Crippen LogP contribution is -2.32. The van der Waals surface area contributed by atoms with E-state index < -0.39 is 5.97 Å². The van der Waals surface area contributed by atoms with E-state index in [1.807, 2.05) is 24.3 Å². The molecule has 0 aliphatic rings. The second kappa shape index (κ2) is 8.31. The summed E-state index contributed by atoms with van der Waals surface area (Å²) in [6.45, 7) is 0.476. The van der Waals surface area contributed by atoms with Crippen molar-refractivity contribution in [2.24, 2.45) is 5.73 Å². The lowest BCUT2D eigenvalue weighted by Gasteiger charge is -2.16. The van der Waals surface area contributed by atoms with Gasteiger partial charge in [0.25, 0.3) is 0 Å². The Morgan fingerprint density at radius 1 is 1.09 bits per heavy atom. The molecule has 0 aromatic heterocycles. The third-order valence-electron chi connectivity index (χ3n) is 3.41. The Bertz CT molecular complexity index is 686. The predicted octanol–water partition coefficient (Wildman–Crippen LogP) is 2.39. The molecule has 0 aliphatic heterocycles. The molecule has 0 saturated heterocycles. The average Bonchev–Trinajstić information content (AvgIpc) is 2.54. The highest BCUT2D eigenvalue weighted by molar-refractivity contribution is 5.88. The van der Waals surface area contributed by atoms with E-state index >= 15 is 0 Å². The van der Waals surface area contributed by atoms with Crippen LogP contribution in [0.2, 0.25) is 0 Å². The molecule has 6 heteroatoms. The van der Waals surface area contributed by atoms with Crippen molar-refractivity contribution in [2.45, 2.75) is 6.54 Å². The lowest BCUT2D eigenvalue weighted by atomic mass is 10.0. The molecule has 0 saturated carbocycles. The van der Waals surface area contributed by atoms with E-state index in [1.54, 1.807) is 36.2 Å². The molecule has 23 heavy (non-hydrogen) atoms. The third-order valence-corrected chi connectivity index (χ3v) is 3.41. The number of nitrogens with zero attached hydrogens (tertiary/aromatic N) is 1. The van der Waals surface area contributed by atoms with Crippen molar-refractivity contribution in [3.8, 4) is 11.1 Å². The number of carboxylic acid groups (broad SMARTS) is 1. The van der Waals surface area contributed by atoms with Crippen LogP contribution in [0.15, 0.2) is 48.5 Å². The number of amides is 1. The van der Waals surface area contributed by atoms with E-state index in [1.165, 1.54) is 0 Å². The van der Waals surface area contributed by atoms with Gasteiger partial charge in [0.15, 0.2) is 0 Å². The van der Waals surface area contributed by atoms with Gasteiger partial charge in [0, 0.05) is 13.6 Å². The Hall–Kier alpha value is -2.37. The molecule has 2 rings (SSSR count). The van der Waals surface area contributed by atoms with Crippen LogP contribution in [0.5, 0.6) is 0 Å². The monoisotopic (exact) mass is 334 g/mol. The number of likely N-dealkylation sites (N-methyl/N-ethyl adjacent to an activating group) is 1. The van der Waals surface area contributed by atoms with Crippen molar-refractivity contribution < 1.29 is 14.7 Å². The summed E-state index contributed by atoms with van der Waals surface area (Å²) in [4.78, 5) is 24.0. The summed E-state index contributed by atoms with van der Waals surface area (Å²) in [5.41, 5.74) is 8.50. The number of aromatic carboxylic acids is 1. The molecule has 2 aromatic carbocycles. The smallest absolute Gasteiger partial charge is 0.335 e. The molecule has 0 radical (unpaired) electrons. The molecule has 0 spiro atoms. The first-order valence-corrected chi connectivity index (χ1v) is 6.88. The maximum Gasteiger partial charge on any atom is 0.335 e. The molecule has 2 aromatic rings. The van der Waals surface area contributed by atoms with E-state index in [2.05, 4.69) is 0 Å². The molecule has 0 bridgehead atoms. The molecular weight excluding hydrogens is 316 g/mol. The largest absolute Gasteiger partial charge is 0.478 e. The first-order valence-electron chi connectivity index (χ1n) is 6.88. The molecule has 122 valence electrons. The van der Waals surface area contributed by atoms with Crippen LogP contribution in [0.3, 0.4) is 0 Å². The summed E-state index contributed by atoms with van der Waals surface area (Å²) in [5.74, 6) is -1.06. The summed E-state index contributed by atoms with van der Waals surface area (Å²) in [7, 11) is 1.71. The summed E-state index contributed by atoms with van der Waals surface area (Å²) < 4.78 is 0. The van der Waals surface area contributed by atoms with Gasteiger partial charge in [0.2, 0.25) is 5.91 Å². The van der Waals surface area contributed by atoms with Crippen LogP contribution < -0.4 is 5.73 Å². The number of carboxylic acids is 1. The number of rotatable bonds is 5. The zero-order valence-corrected chi connectivity index (χ0v) is 13.5. The Morgan fingerprint density at radius 2 is 1.74 bits per heavy atom. The van der Waals surface area contributed by atoms with Gasteiger partial charge in [0.05, 0.1) is 12.1 Å². The minimum Gasteiger partial charge on any atom is -0.478 e. The zero-order valence-electron chi connectivity index (χ0n) is 12.7. The van der Waals surface area contributed by atoms with Gasteiger partial charge >= 0.3 is 5.97 Å². The second-order valence-corrected chi connectivity index (χ2v) is 5.04. The number of carbonyl (C=O) groups is 2. The lowest BCUT2D eigenvalue weighted by molar-refractivity contribution is -0.128. The fourth-order valence-corrected chi connectivity index (χ4v) is 2.17.